The molecule has 0 aliphatic heterocycles. The Kier molecular flexibility index (Phi) is 7.46. The summed E-state index contributed by atoms with van der Waals surface area (Å²) in [6.07, 6.45) is 0.916. The number of carbonyl (C=O) groups excluding carboxylic acids is 1. The Morgan fingerprint density at radius 2 is 1.97 bits per heavy atom. The lowest BCUT2D eigenvalue weighted by Crippen LogP contribution is -2.37. The van der Waals surface area contributed by atoms with E-state index in [0.29, 0.717) is 5.69 Å². The van der Waals surface area contributed by atoms with Crippen LogP contribution >= 0.6 is 11.8 Å². The number of hydrogen-bond donors (Lipinski definition) is 1. The highest BCUT2D eigenvalue weighted by molar-refractivity contribution is 7.99. The Labute approximate surface area is 173 Å². The third kappa shape index (κ3) is 5.84. The Morgan fingerprint density at radius 3 is 2.55 bits per heavy atom. The van der Waals surface area contributed by atoms with Crippen LogP contribution in [0.25, 0.3) is 0 Å². The maximum absolute atomic E-state index is 12.6. The predicted octanol–water partition coefficient (Wildman–Crippen LogP) is 3.12. The second-order valence-electron chi connectivity index (χ2n) is 5.86. The van der Waals surface area contributed by atoms with Crippen LogP contribution in [0.1, 0.15) is 6.92 Å². The van der Waals surface area contributed by atoms with Gasteiger partial charge in [0.05, 0.1) is 24.0 Å². The second-order valence-corrected chi connectivity index (χ2v) is 9.07. The van der Waals surface area contributed by atoms with Crippen molar-refractivity contribution in [2.45, 2.75) is 11.8 Å². The van der Waals surface area contributed by atoms with Crippen molar-refractivity contribution in [3.8, 4) is 5.75 Å². The summed E-state index contributed by atoms with van der Waals surface area (Å²) in [7, 11) is -2.63. The number of nitro benzene ring substituents is 1. The van der Waals surface area contributed by atoms with E-state index in [-0.39, 0.29) is 17.1 Å². The first-order valence-corrected chi connectivity index (χ1v) is 11.3. The molecule has 0 fully saturated rings. The highest BCUT2D eigenvalue weighted by atomic mass is 32.2. The van der Waals surface area contributed by atoms with E-state index in [9.17, 15) is 23.3 Å². The van der Waals surface area contributed by atoms with Gasteiger partial charge in [0.25, 0.3) is 5.69 Å². The number of hydrogen-bond acceptors (Lipinski definition) is 7. The molecule has 29 heavy (non-hydrogen) atoms. The van der Waals surface area contributed by atoms with Gasteiger partial charge in [0.1, 0.15) is 18.0 Å². The normalized spacial score (nSPS) is 11.0. The quantitative estimate of drug-likeness (QED) is 0.362. The fourth-order valence-corrected chi connectivity index (χ4v) is 4.15. The van der Waals surface area contributed by atoms with Crippen LogP contribution in [-0.4, -0.2) is 44.9 Å². The zero-order valence-electron chi connectivity index (χ0n) is 16.1. The smallest absolute Gasteiger partial charge is 0.271 e. The molecule has 1 amide bonds. The zero-order chi connectivity index (χ0) is 21.6. The van der Waals surface area contributed by atoms with Crippen molar-refractivity contribution in [2.24, 2.45) is 0 Å². The molecule has 0 radical (unpaired) electrons. The average Bonchev–Trinajstić information content (AvgIpc) is 2.66. The van der Waals surface area contributed by atoms with E-state index < -0.39 is 27.4 Å². The number of sulfonamides is 1. The summed E-state index contributed by atoms with van der Waals surface area (Å²) in [5.41, 5.74) is 0.152. The molecule has 0 aromatic heterocycles. The van der Waals surface area contributed by atoms with Gasteiger partial charge in [-0.25, -0.2) is 8.42 Å². The van der Waals surface area contributed by atoms with Gasteiger partial charge in [-0.05, 0) is 24.0 Å². The molecule has 9 nitrogen and oxygen atoms in total. The zero-order valence-corrected chi connectivity index (χ0v) is 17.7. The van der Waals surface area contributed by atoms with Crippen molar-refractivity contribution in [1.82, 2.24) is 0 Å². The van der Waals surface area contributed by atoms with Gasteiger partial charge in [-0.2, -0.15) is 0 Å². The van der Waals surface area contributed by atoms with Gasteiger partial charge in [-0.1, -0.05) is 19.1 Å². The minimum Gasteiger partial charge on any atom is -0.495 e. The number of nitrogens with zero attached hydrogens (tertiary/aromatic N) is 2. The molecule has 2 rings (SSSR count). The van der Waals surface area contributed by atoms with Gasteiger partial charge in [0.15, 0.2) is 0 Å². The summed E-state index contributed by atoms with van der Waals surface area (Å²) in [6, 6.07) is 10.7. The van der Waals surface area contributed by atoms with E-state index >= 15 is 0 Å². The summed E-state index contributed by atoms with van der Waals surface area (Å²) in [4.78, 5) is 23.9. The number of thioether (sulfide) groups is 1. The van der Waals surface area contributed by atoms with E-state index in [1.807, 2.05) is 19.1 Å². The van der Waals surface area contributed by atoms with Crippen molar-refractivity contribution >= 4 is 44.8 Å². The van der Waals surface area contributed by atoms with E-state index in [2.05, 4.69) is 5.32 Å². The predicted molar refractivity (Wildman–Crippen MR) is 113 cm³/mol. The number of anilines is 2. The van der Waals surface area contributed by atoms with E-state index in [0.717, 1.165) is 27.3 Å². The molecule has 0 bridgehead atoms. The standard InChI is InChI=1S/C18H21N3O6S2/c1-4-28-17-8-6-5-7-14(17)19-18(22)12-20(29(3,25)26)15-11-13(21(23)24)9-10-16(15)27-2/h5-11H,4,12H2,1-3H3,(H,19,22). The number of para-hydroxylation sites is 1. The van der Waals surface area contributed by atoms with Crippen molar-refractivity contribution in [2.75, 3.05) is 35.3 Å². The van der Waals surface area contributed by atoms with Crippen LogP contribution in [0.15, 0.2) is 47.4 Å². The Bertz CT molecular complexity index is 1010. The minimum atomic E-state index is -3.94. The molecule has 0 aliphatic carbocycles. The molecular weight excluding hydrogens is 418 g/mol. The second kappa shape index (κ2) is 9.61. The van der Waals surface area contributed by atoms with Crippen molar-refractivity contribution in [3.63, 3.8) is 0 Å². The first-order valence-electron chi connectivity index (χ1n) is 8.49. The lowest BCUT2D eigenvalue weighted by molar-refractivity contribution is -0.384. The van der Waals surface area contributed by atoms with Crippen LogP contribution in [0, 0.1) is 10.1 Å². The summed E-state index contributed by atoms with van der Waals surface area (Å²) in [5.74, 6) is 0.302. The number of nitrogens with one attached hydrogen (secondary N) is 1. The number of nitro groups is 1. The molecule has 0 saturated carbocycles. The van der Waals surface area contributed by atoms with Gasteiger partial charge < -0.3 is 10.1 Å². The minimum absolute atomic E-state index is 0.0874. The lowest BCUT2D eigenvalue weighted by Gasteiger charge is -2.23. The maximum atomic E-state index is 12.6. The fraction of sp³-hybridized carbons (Fsp3) is 0.278. The molecule has 2 aromatic carbocycles. The molecule has 0 aliphatic rings. The average molecular weight is 440 g/mol. The molecular formula is C18H21N3O6S2. The van der Waals surface area contributed by atoms with Crippen LogP contribution in [0.2, 0.25) is 0 Å². The van der Waals surface area contributed by atoms with Gasteiger partial charge in [0.2, 0.25) is 15.9 Å². The molecule has 2 aromatic rings. The third-order valence-corrected chi connectivity index (χ3v) is 5.87. The molecule has 0 saturated heterocycles. The number of methoxy groups -OCH3 is 1. The summed E-state index contributed by atoms with van der Waals surface area (Å²) >= 11 is 1.53. The van der Waals surface area contributed by atoms with Gasteiger partial charge in [-0.15, -0.1) is 11.8 Å². The van der Waals surface area contributed by atoms with Gasteiger partial charge in [-0.3, -0.25) is 19.2 Å². The Balaban J connectivity index is 2.37. The van der Waals surface area contributed by atoms with Crippen LogP contribution < -0.4 is 14.4 Å². The number of carbonyl (C=O) groups is 1. The topological polar surface area (TPSA) is 119 Å². The van der Waals surface area contributed by atoms with Crippen LogP contribution in [0.4, 0.5) is 17.1 Å². The number of non-ortho nitro benzene ring substituents is 1. The highest BCUT2D eigenvalue weighted by Gasteiger charge is 2.26. The van der Waals surface area contributed by atoms with Gasteiger partial charge >= 0.3 is 0 Å². The monoisotopic (exact) mass is 439 g/mol. The summed E-state index contributed by atoms with van der Waals surface area (Å²) < 4.78 is 30.6. The van der Waals surface area contributed by atoms with E-state index in [1.54, 1.807) is 12.1 Å². The molecule has 0 atom stereocenters. The molecule has 0 heterocycles. The molecule has 0 unspecified atom stereocenters. The lowest BCUT2D eigenvalue weighted by atomic mass is 10.2. The van der Waals surface area contributed by atoms with Crippen LogP contribution in [0.3, 0.4) is 0 Å². The number of amides is 1. The van der Waals surface area contributed by atoms with Crippen molar-refractivity contribution < 1.29 is 22.9 Å². The first-order chi connectivity index (χ1) is 13.7. The summed E-state index contributed by atoms with van der Waals surface area (Å²) in [5, 5.41) is 13.8. The fourth-order valence-electron chi connectivity index (χ4n) is 2.54. The summed E-state index contributed by atoms with van der Waals surface area (Å²) in [6.45, 7) is 1.41. The van der Waals surface area contributed by atoms with Crippen LogP contribution in [-0.2, 0) is 14.8 Å². The van der Waals surface area contributed by atoms with E-state index in [4.69, 9.17) is 4.74 Å². The third-order valence-electron chi connectivity index (χ3n) is 3.79. The first kappa shape index (κ1) is 22.5. The molecule has 11 heteroatoms. The van der Waals surface area contributed by atoms with Gasteiger partial charge in [0, 0.05) is 17.0 Å². The Hall–Kier alpha value is -2.79. The van der Waals surface area contributed by atoms with Crippen LogP contribution in [0.5, 0.6) is 5.75 Å². The SMILES string of the molecule is CCSc1ccccc1NC(=O)CN(c1cc([N+](=O)[O-])ccc1OC)S(C)(=O)=O. The largest absolute Gasteiger partial charge is 0.495 e. The molecule has 156 valence electrons. The van der Waals surface area contributed by atoms with Crippen molar-refractivity contribution in [3.05, 3.63) is 52.6 Å². The number of ether oxygens (including phenoxy) is 1. The van der Waals surface area contributed by atoms with E-state index in [1.165, 1.54) is 31.0 Å². The van der Waals surface area contributed by atoms with Crippen molar-refractivity contribution in [1.29, 1.82) is 0 Å². The number of benzene rings is 2. The molecule has 0 spiro atoms. The Morgan fingerprint density at radius 1 is 1.28 bits per heavy atom. The maximum Gasteiger partial charge on any atom is 0.271 e. The molecule has 1 N–H and O–H groups in total. The highest BCUT2D eigenvalue weighted by Crippen LogP contribution is 2.34. The number of rotatable bonds is 9.